The molecule has 4 nitrogen and oxygen atoms in total. The zero-order chi connectivity index (χ0) is 11.7. The SMILES string of the molecule is CCC(CC#N)NCCC(=O)NC(C)C. The van der Waals surface area contributed by atoms with Gasteiger partial charge in [-0.1, -0.05) is 6.92 Å². The molecule has 1 atom stereocenters. The molecule has 0 aromatic heterocycles. The van der Waals surface area contributed by atoms with E-state index in [0.29, 0.717) is 19.4 Å². The van der Waals surface area contributed by atoms with Crippen LogP contribution in [0.3, 0.4) is 0 Å². The molecular weight excluding hydrogens is 190 g/mol. The van der Waals surface area contributed by atoms with E-state index in [1.54, 1.807) is 0 Å². The smallest absolute Gasteiger partial charge is 0.221 e. The molecule has 0 rings (SSSR count). The van der Waals surface area contributed by atoms with Gasteiger partial charge in [-0.2, -0.15) is 5.26 Å². The molecule has 0 saturated carbocycles. The first-order valence-corrected chi connectivity index (χ1v) is 5.49. The summed E-state index contributed by atoms with van der Waals surface area (Å²) in [6.45, 7) is 6.55. The zero-order valence-electron chi connectivity index (χ0n) is 9.84. The van der Waals surface area contributed by atoms with Gasteiger partial charge in [0.15, 0.2) is 0 Å². The van der Waals surface area contributed by atoms with Gasteiger partial charge in [0.2, 0.25) is 5.91 Å². The monoisotopic (exact) mass is 211 g/mol. The third-order valence-corrected chi connectivity index (χ3v) is 2.07. The molecule has 0 saturated heterocycles. The molecule has 86 valence electrons. The molecule has 0 aromatic rings. The highest BCUT2D eigenvalue weighted by molar-refractivity contribution is 5.76. The lowest BCUT2D eigenvalue weighted by molar-refractivity contribution is -0.121. The summed E-state index contributed by atoms with van der Waals surface area (Å²) < 4.78 is 0. The third-order valence-electron chi connectivity index (χ3n) is 2.07. The van der Waals surface area contributed by atoms with E-state index in [1.807, 2.05) is 20.8 Å². The summed E-state index contributed by atoms with van der Waals surface area (Å²) in [6, 6.07) is 2.53. The molecule has 0 aliphatic heterocycles. The summed E-state index contributed by atoms with van der Waals surface area (Å²) in [7, 11) is 0. The van der Waals surface area contributed by atoms with Crippen molar-refractivity contribution in [2.24, 2.45) is 0 Å². The molecule has 15 heavy (non-hydrogen) atoms. The van der Waals surface area contributed by atoms with Gasteiger partial charge < -0.3 is 10.6 Å². The minimum Gasteiger partial charge on any atom is -0.354 e. The molecule has 0 aliphatic rings. The average molecular weight is 211 g/mol. The number of rotatable bonds is 7. The Hall–Kier alpha value is -1.08. The number of nitriles is 1. The van der Waals surface area contributed by atoms with Crippen molar-refractivity contribution < 1.29 is 4.79 Å². The topological polar surface area (TPSA) is 64.9 Å². The largest absolute Gasteiger partial charge is 0.354 e. The second-order valence-corrected chi connectivity index (χ2v) is 3.89. The molecule has 0 radical (unpaired) electrons. The van der Waals surface area contributed by atoms with E-state index in [2.05, 4.69) is 16.7 Å². The van der Waals surface area contributed by atoms with E-state index in [4.69, 9.17) is 5.26 Å². The van der Waals surface area contributed by atoms with Gasteiger partial charge in [0.25, 0.3) is 0 Å². The van der Waals surface area contributed by atoms with Crippen molar-refractivity contribution >= 4 is 5.91 Å². The Morgan fingerprint density at radius 1 is 1.47 bits per heavy atom. The summed E-state index contributed by atoms with van der Waals surface area (Å²) in [5.41, 5.74) is 0. The zero-order valence-corrected chi connectivity index (χ0v) is 9.84. The highest BCUT2D eigenvalue weighted by Crippen LogP contribution is 1.95. The van der Waals surface area contributed by atoms with Gasteiger partial charge in [0.05, 0.1) is 12.5 Å². The molecule has 1 unspecified atom stereocenters. The summed E-state index contributed by atoms with van der Waals surface area (Å²) in [5, 5.41) is 14.5. The maximum atomic E-state index is 11.3. The first-order chi connectivity index (χ1) is 7.10. The molecule has 0 fully saturated rings. The van der Waals surface area contributed by atoms with E-state index in [0.717, 1.165) is 6.42 Å². The van der Waals surface area contributed by atoms with Crippen molar-refractivity contribution in [1.29, 1.82) is 5.26 Å². The van der Waals surface area contributed by atoms with Crippen LogP contribution in [0.4, 0.5) is 0 Å². The van der Waals surface area contributed by atoms with Crippen LogP contribution in [-0.2, 0) is 4.79 Å². The normalized spacial score (nSPS) is 12.2. The second kappa shape index (κ2) is 8.25. The van der Waals surface area contributed by atoms with Crippen molar-refractivity contribution in [2.45, 2.75) is 52.1 Å². The summed E-state index contributed by atoms with van der Waals surface area (Å²) >= 11 is 0. The fraction of sp³-hybridized carbons (Fsp3) is 0.818. The Balaban J connectivity index is 3.59. The van der Waals surface area contributed by atoms with Gasteiger partial charge in [-0.15, -0.1) is 0 Å². The van der Waals surface area contributed by atoms with Crippen LogP contribution in [0.5, 0.6) is 0 Å². The first kappa shape index (κ1) is 13.9. The molecule has 4 heteroatoms. The highest BCUT2D eigenvalue weighted by Gasteiger charge is 2.06. The molecule has 0 aromatic carbocycles. The Morgan fingerprint density at radius 3 is 2.60 bits per heavy atom. The number of hydrogen-bond acceptors (Lipinski definition) is 3. The van der Waals surface area contributed by atoms with Crippen LogP contribution in [0, 0.1) is 11.3 Å². The van der Waals surface area contributed by atoms with E-state index in [9.17, 15) is 4.79 Å². The first-order valence-electron chi connectivity index (χ1n) is 5.49. The molecule has 2 N–H and O–H groups in total. The third kappa shape index (κ3) is 7.95. The molecule has 0 bridgehead atoms. The van der Waals surface area contributed by atoms with Gasteiger partial charge in [-0.05, 0) is 20.3 Å². The number of carbonyl (C=O) groups is 1. The Bertz CT molecular complexity index is 220. The maximum Gasteiger partial charge on any atom is 0.221 e. The van der Waals surface area contributed by atoms with Crippen molar-refractivity contribution in [2.75, 3.05) is 6.54 Å². The molecule has 0 aliphatic carbocycles. The van der Waals surface area contributed by atoms with E-state index in [-0.39, 0.29) is 18.0 Å². The van der Waals surface area contributed by atoms with Crippen LogP contribution >= 0.6 is 0 Å². The minimum absolute atomic E-state index is 0.0595. The van der Waals surface area contributed by atoms with E-state index >= 15 is 0 Å². The van der Waals surface area contributed by atoms with Crippen molar-refractivity contribution in [3.8, 4) is 6.07 Å². The Labute approximate surface area is 92.0 Å². The molecule has 0 heterocycles. The number of nitrogens with one attached hydrogen (secondary N) is 2. The predicted octanol–water partition coefficient (Wildman–Crippen LogP) is 1.18. The van der Waals surface area contributed by atoms with Gasteiger partial charge in [0, 0.05) is 25.0 Å². The fourth-order valence-corrected chi connectivity index (χ4v) is 1.26. The standard InChI is InChI=1S/C11H21N3O/c1-4-10(5-7-12)13-8-6-11(15)14-9(2)3/h9-10,13H,4-6,8H2,1-3H3,(H,14,15). The van der Waals surface area contributed by atoms with Crippen molar-refractivity contribution in [3.63, 3.8) is 0 Å². The van der Waals surface area contributed by atoms with E-state index in [1.165, 1.54) is 0 Å². The Morgan fingerprint density at radius 2 is 2.13 bits per heavy atom. The molecular formula is C11H21N3O. The molecule has 1 amide bonds. The molecule has 0 spiro atoms. The van der Waals surface area contributed by atoms with Crippen LogP contribution in [0.15, 0.2) is 0 Å². The average Bonchev–Trinajstić information content (AvgIpc) is 2.15. The van der Waals surface area contributed by atoms with Gasteiger partial charge in [-0.25, -0.2) is 0 Å². The number of hydrogen-bond donors (Lipinski definition) is 2. The van der Waals surface area contributed by atoms with Crippen LogP contribution in [0.1, 0.15) is 40.0 Å². The maximum absolute atomic E-state index is 11.3. The van der Waals surface area contributed by atoms with Gasteiger partial charge >= 0.3 is 0 Å². The predicted molar refractivity (Wildman–Crippen MR) is 60.2 cm³/mol. The number of carbonyl (C=O) groups excluding carboxylic acids is 1. The lowest BCUT2D eigenvalue weighted by Gasteiger charge is -2.13. The summed E-state index contributed by atoms with van der Waals surface area (Å²) in [4.78, 5) is 11.3. The lowest BCUT2D eigenvalue weighted by atomic mass is 10.1. The number of nitrogens with zero attached hydrogens (tertiary/aromatic N) is 1. The van der Waals surface area contributed by atoms with Crippen LogP contribution in [-0.4, -0.2) is 24.5 Å². The Kier molecular flexibility index (Phi) is 7.65. The quantitative estimate of drug-likeness (QED) is 0.664. The van der Waals surface area contributed by atoms with Crippen LogP contribution < -0.4 is 10.6 Å². The highest BCUT2D eigenvalue weighted by atomic mass is 16.1. The van der Waals surface area contributed by atoms with Crippen LogP contribution in [0.2, 0.25) is 0 Å². The minimum atomic E-state index is 0.0595. The van der Waals surface area contributed by atoms with Crippen LogP contribution in [0.25, 0.3) is 0 Å². The van der Waals surface area contributed by atoms with Gasteiger partial charge in [0.1, 0.15) is 0 Å². The van der Waals surface area contributed by atoms with Gasteiger partial charge in [-0.3, -0.25) is 4.79 Å². The second-order valence-electron chi connectivity index (χ2n) is 3.89. The van der Waals surface area contributed by atoms with Crippen molar-refractivity contribution in [3.05, 3.63) is 0 Å². The number of amides is 1. The lowest BCUT2D eigenvalue weighted by Crippen LogP contribution is -2.35. The van der Waals surface area contributed by atoms with Crippen molar-refractivity contribution in [1.82, 2.24) is 10.6 Å². The van der Waals surface area contributed by atoms with E-state index < -0.39 is 0 Å². The summed E-state index contributed by atoms with van der Waals surface area (Å²) in [5.74, 6) is 0.0595. The fourth-order valence-electron chi connectivity index (χ4n) is 1.26. The summed E-state index contributed by atoms with van der Waals surface area (Å²) in [6.07, 6.45) is 1.89.